The Labute approximate surface area is 268 Å². The van der Waals surface area contributed by atoms with Crippen LogP contribution in [0.1, 0.15) is 65.6 Å². The van der Waals surface area contributed by atoms with Crippen molar-refractivity contribution < 1.29 is 38.1 Å². The summed E-state index contributed by atoms with van der Waals surface area (Å²) in [5, 5.41) is 39.1. The standard InChI is InChI=1S/C31H43N6O8P/c1-7-20(8-2)15-42-29(40)19(3)36-46(41,45-22-11-9-10-21(14-22)30(4,5)6)43-16-24-26(38)27(39)31(17-32,44-24)25-13-12-23-28(33)34-18-35-37(23)25/h9-14,18-20,24,26-27,38-39H,7-8,15-16H2,1-6H3,(H,36,41)(H2,33,34,35)/t19-,24+,26+,27+,31-,46?/m0/s1. The highest BCUT2D eigenvalue weighted by Gasteiger charge is 2.58. The van der Waals surface area contributed by atoms with Crippen LogP contribution in [0.15, 0.2) is 42.7 Å². The molecule has 14 nitrogen and oxygen atoms in total. The molecule has 0 aliphatic carbocycles. The van der Waals surface area contributed by atoms with Gasteiger partial charge in [0.1, 0.15) is 48.0 Å². The number of esters is 1. The first-order valence-electron chi connectivity index (χ1n) is 15.2. The van der Waals surface area contributed by atoms with Crippen LogP contribution in [0.3, 0.4) is 0 Å². The Balaban J connectivity index is 1.59. The minimum absolute atomic E-state index is 0.0959. The van der Waals surface area contributed by atoms with Gasteiger partial charge in [0, 0.05) is 0 Å². The molecule has 46 heavy (non-hydrogen) atoms. The summed E-state index contributed by atoms with van der Waals surface area (Å²) in [6.07, 6.45) is -1.91. The van der Waals surface area contributed by atoms with Gasteiger partial charge in [0.2, 0.25) is 5.60 Å². The second kappa shape index (κ2) is 14.0. The van der Waals surface area contributed by atoms with E-state index in [0.717, 1.165) is 18.4 Å². The van der Waals surface area contributed by atoms with Gasteiger partial charge >= 0.3 is 13.7 Å². The number of aliphatic hydroxyl groups is 2. The highest BCUT2D eigenvalue weighted by atomic mass is 31.2. The van der Waals surface area contributed by atoms with Crippen LogP contribution in [0.5, 0.6) is 5.75 Å². The van der Waals surface area contributed by atoms with E-state index in [2.05, 4.69) is 15.2 Å². The van der Waals surface area contributed by atoms with E-state index >= 15 is 0 Å². The molecule has 0 bridgehead atoms. The van der Waals surface area contributed by atoms with Crippen LogP contribution in [-0.4, -0.2) is 68.3 Å². The van der Waals surface area contributed by atoms with Crippen molar-refractivity contribution in [2.75, 3.05) is 18.9 Å². The van der Waals surface area contributed by atoms with Crippen molar-refractivity contribution in [3.63, 3.8) is 0 Å². The lowest BCUT2D eigenvalue weighted by Gasteiger charge is -2.26. The SMILES string of the molecule is CCC(CC)COC(=O)[C@H](C)NP(=O)(OC[C@H]1O[C@@](C#N)(c2ccc3c(N)ncnn23)[C@H](O)[C@@H]1O)Oc1cccc(C(C)(C)C)c1. The fourth-order valence-corrected chi connectivity index (χ4v) is 6.60. The number of hydrogen-bond acceptors (Lipinski definition) is 12. The molecule has 1 aromatic carbocycles. The molecule has 0 radical (unpaired) electrons. The number of hydrogen-bond donors (Lipinski definition) is 4. The molecule has 0 amide bonds. The Morgan fingerprint density at radius 2 is 1.98 bits per heavy atom. The summed E-state index contributed by atoms with van der Waals surface area (Å²) in [4.78, 5) is 16.8. The Morgan fingerprint density at radius 3 is 2.63 bits per heavy atom. The number of nitrogens with zero attached hydrogens (tertiary/aromatic N) is 4. The molecule has 3 aromatic rings. The van der Waals surface area contributed by atoms with E-state index in [0.29, 0.717) is 5.52 Å². The van der Waals surface area contributed by atoms with Crippen molar-refractivity contribution in [2.45, 2.75) is 89.8 Å². The predicted molar refractivity (Wildman–Crippen MR) is 169 cm³/mol. The number of ether oxygens (including phenoxy) is 2. The van der Waals surface area contributed by atoms with Crippen LogP contribution >= 0.6 is 7.75 Å². The van der Waals surface area contributed by atoms with E-state index in [1.165, 1.54) is 23.8 Å². The number of aromatic nitrogens is 3. The number of carbonyl (C=O) groups excluding carboxylic acids is 1. The number of anilines is 1. The number of benzene rings is 1. The molecule has 1 aliphatic rings. The van der Waals surface area contributed by atoms with Gasteiger partial charge in [-0.05, 0) is 48.1 Å². The Kier molecular flexibility index (Phi) is 10.8. The van der Waals surface area contributed by atoms with Crippen molar-refractivity contribution in [1.29, 1.82) is 5.26 Å². The van der Waals surface area contributed by atoms with Gasteiger partial charge in [0.15, 0.2) is 5.82 Å². The smallest absolute Gasteiger partial charge is 0.459 e. The quantitative estimate of drug-likeness (QED) is 0.153. The van der Waals surface area contributed by atoms with Crippen molar-refractivity contribution >= 4 is 25.1 Å². The number of nitriles is 1. The molecule has 1 aliphatic heterocycles. The molecule has 4 rings (SSSR count). The minimum atomic E-state index is -4.39. The van der Waals surface area contributed by atoms with Crippen molar-refractivity contribution in [2.24, 2.45) is 5.92 Å². The number of carbonyl (C=O) groups is 1. The van der Waals surface area contributed by atoms with Crippen LogP contribution in [0.4, 0.5) is 5.82 Å². The van der Waals surface area contributed by atoms with Crippen LogP contribution in [0.2, 0.25) is 0 Å². The molecule has 0 saturated carbocycles. The average Bonchev–Trinajstić information content (AvgIpc) is 3.56. The number of rotatable bonds is 13. The molecule has 1 unspecified atom stereocenters. The number of nitrogens with two attached hydrogens (primary N) is 1. The lowest BCUT2D eigenvalue weighted by molar-refractivity contribution is -0.146. The zero-order valence-electron chi connectivity index (χ0n) is 26.9. The second-order valence-corrected chi connectivity index (χ2v) is 14.1. The lowest BCUT2D eigenvalue weighted by Crippen LogP contribution is -2.41. The fraction of sp³-hybridized carbons (Fsp3) is 0.548. The highest BCUT2D eigenvalue weighted by Crippen LogP contribution is 2.48. The summed E-state index contributed by atoms with van der Waals surface area (Å²) in [5.41, 5.74) is 4.95. The molecule has 3 heterocycles. The first kappa shape index (κ1) is 35.3. The number of nitrogens with one attached hydrogen (secondary N) is 1. The summed E-state index contributed by atoms with van der Waals surface area (Å²) in [7, 11) is -4.39. The molecule has 6 atom stereocenters. The molecule has 2 aromatic heterocycles. The van der Waals surface area contributed by atoms with E-state index < -0.39 is 50.3 Å². The fourth-order valence-electron chi connectivity index (χ4n) is 5.11. The van der Waals surface area contributed by atoms with Crippen LogP contribution in [-0.2, 0) is 34.4 Å². The first-order valence-corrected chi connectivity index (χ1v) is 16.7. The van der Waals surface area contributed by atoms with Gasteiger partial charge in [-0.15, -0.1) is 0 Å². The van der Waals surface area contributed by atoms with Gasteiger partial charge in [-0.25, -0.2) is 14.1 Å². The number of fused-ring (bicyclic) bond motifs is 1. The minimum Gasteiger partial charge on any atom is -0.464 e. The topological polar surface area (TPSA) is 204 Å². The van der Waals surface area contributed by atoms with Crippen LogP contribution < -0.4 is 15.3 Å². The second-order valence-electron chi connectivity index (χ2n) is 12.4. The summed E-state index contributed by atoms with van der Waals surface area (Å²) in [6, 6.07) is 10.8. The van der Waals surface area contributed by atoms with Gasteiger partial charge in [0.25, 0.3) is 0 Å². The molecular weight excluding hydrogens is 615 g/mol. The third kappa shape index (κ3) is 7.36. The zero-order chi connectivity index (χ0) is 33.9. The van der Waals surface area contributed by atoms with E-state index in [9.17, 15) is 24.8 Å². The van der Waals surface area contributed by atoms with Gasteiger partial charge in [-0.3, -0.25) is 9.32 Å². The van der Waals surface area contributed by atoms with Crippen molar-refractivity contribution in [3.8, 4) is 11.8 Å². The summed E-state index contributed by atoms with van der Waals surface area (Å²) < 4.78 is 38.6. The Morgan fingerprint density at radius 1 is 1.26 bits per heavy atom. The maximum atomic E-state index is 14.3. The average molecular weight is 659 g/mol. The monoisotopic (exact) mass is 658 g/mol. The van der Waals surface area contributed by atoms with E-state index in [1.54, 1.807) is 24.3 Å². The molecule has 1 fully saturated rings. The lowest BCUT2D eigenvalue weighted by atomic mass is 9.87. The van der Waals surface area contributed by atoms with E-state index in [4.69, 9.17) is 24.3 Å². The van der Waals surface area contributed by atoms with Gasteiger partial charge in [-0.1, -0.05) is 59.6 Å². The molecular formula is C31H43N6O8P. The normalized spacial score (nSPS) is 23.6. The van der Waals surface area contributed by atoms with Crippen LogP contribution in [0, 0.1) is 17.2 Å². The molecule has 0 spiro atoms. The maximum absolute atomic E-state index is 14.3. The van der Waals surface area contributed by atoms with Gasteiger partial charge < -0.3 is 29.9 Å². The summed E-state index contributed by atoms with van der Waals surface area (Å²) in [6.45, 7) is 11.1. The largest absolute Gasteiger partial charge is 0.464 e. The maximum Gasteiger partial charge on any atom is 0.459 e. The van der Waals surface area contributed by atoms with Gasteiger partial charge in [0.05, 0.1) is 18.9 Å². The molecule has 1 saturated heterocycles. The molecule has 15 heteroatoms. The van der Waals surface area contributed by atoms with E-state index in [-0.39, 0.29) is 35.2 Å². The van der Waals surface area contributed by atoms with Crippen molar-refractivity contribution in [1.82, 2.24) is 19.7 Å². The third-order valence-corrected chi connectivity index (χ3v) is 9.79. The Hall–Kier alpha value is -3.57. The third-order valence-electron chi connectivity index (χ3n) is 8.14. The number of aliphatic hydroxyl groups excluding tert-OH is 2. The van der Waals surface area contributed by atoms with E-state index in [1.807, 2.05) is 46.8 Å². The molecule has 250 valence electrons. The van der Waals surface area contributed by atoms with Crippen LogP contribution in [0.25, 0.3) is 5.52 Å². The number of nitrogen functional groups attached to an aromatic ring is 1. The Bertz CT molecular complexity index is 1620. The highest BCUT2D eigenvalue weighted by molar-refractivity contribution is 7.52. The van der Waals surface area contributed by atoms with Gasteiger partial charge in [-0.2, -0.15) is 15.4 Å². The molecule has 5 N–H and O–H groups in total. The summed E-state index contributed by atoms with van der Waals surface area (Å²) >= 11 is 0. The predicted octanol–water partition coefficient (Wildman–Crippen LogP) is 3.61. The summed E-state index contributed by atoms with van der Waals surface area (Å²) in [5.74, 6) is -0.129. The van der Waals surface area contributed by atoms with Crippen molar-refractivity contribution in [3.05, 3.63) is 54.0 Å². The first-order chi connectivity index (χ1) is 21.7. The zero-order valence-corrected chi connectivity index (χ0v) is 27.8.